The summed E-state index contributed by atoms with van der Waals surface area (Å²) in [6, 6.07) is 0. The molecule has 1 nitrogen and oxygen atoms in total. The van der Waals surface area contributed by atoms with E-state index in [1.54, 1.807) is 0 Å². The minimum Gasteiger partial charge on any atom is -0.393 e. The summed E-state index contributed by atoms with van der Waals surface area (Å²) >= 11 is 0. The van der Waals surface area contributed by atoms with Crippen molar-refractivity contribution in [2.45, 2.75) is 47.1 Å². The highest BCUT2D eigenvalue weighted by Gasteiger charge is 3.01. The Kier molecular flexibility index (Phi) is 4.03. The van der Waals surface area contributed by atoms with Crippen molar-refractivity contribution in [3.05, 3.63) is 0 Å². The largest absolute Gasteiger partial charge is 0.393 e. The number of alkyl halides is 15. The van der Waals surface area contributed by atoms with Gasteiger partial charge in [-0.1, -0.05) is 0 Å². The summed E-state index contributed by atoms with van der Waals surface area (Å²) in [5.41, 5.74) is -6.24. The van der Waals surface area contributed by atoms with Gasteiger partial charge in [-0.15, -0.1) is 0 Å². The monoisotopic (exact) mass is 438 g/mol. The molecule has 27 heavy (non-hydrogen) atoms. The van der Waals surface area contributed by atoms with E-state index in [-0.39, 0.29) is 0 Å². The summed E-state index contributed by atoms with van der Waals surface area (Å²) in [5, 5.41) is 8.49. The maximum Gasteiger partial charge on any atom is 0.378 e. The van der Waals surface area contributed by atoms with Gasteiger partial charge < -0.3 is 5.11 Å². The first-order valence-electron chi connectivity index (χ1n) is 6.49. The predicted molar refractivity (Wildman–Crippen MR) is 52.5 cm³/mol. The molecule has 1 N–H and O–H groups in total. The summed E-state index contributed by atoms with van der Waals surface area (Å²) in [5.74, 6) is -62.1. The van der Waals surface area contributed by atoms with Crippen LogP contribution in [0.3, 0.4) is 0 Å². The second-order valence-corrected chi connectivity index (χ2v) is 6.14. The molecule has 2 rings (SSSR count). The van der Waals surface area contributed by atoms with Crippen LogP contribution in [0.1, 0.15) is 0 Å². The fraction of sp³-hybridized carbons (Fsp3) is 1.00. The van der Waals surface area contributed by atoms with Crippen molar-refractivity contribution in [3.8, 4) is 0 Å². The van der Waals surface area contributed by atoms with Crippen molar-refractivity contribution in [1.29, 1.82) is 0 Å². The van der Waals surface area contributed by atoms with Crippen LogP contribution in [0, 0.1) is 11.8 Å². The molecule has 2 aliphatic carbocycles. The van der Waals surface area contributed by atoms with E-state index in [0.29, 0.717) is 0 Å². The minimum atomic E-state index is -7.47. The lowest BCUT2D eigenvalue weighted by Crippen LogP contribution is -2.87. The normalized spacial score (nSPS) is 42.2. The maximum absolute atomic E-state index is 14.3. The first kappa shape index (κ1) is 22.2. The van der Waals surface area contributed by atoms with Crippen LogP contribution in [0.25, 0.3) is 0 Å². The highest BCUT2D eigenvalue weighted by molar-refractivity contribution is 5.30. The van der Waals surface area contributed by atoms with E-state index >= 15 is 0 Å². The zero-order chi connectivity index (χ0) is 21.9. The van der Waals surface area contributed by atoms with Gasteiger partial charge in [-0.2, -0.15) is 61.5 Å². The molecule has 0 radical (unpaired) electrons. The fourth-order valence-electron chi connectivity index (χ4n) is 3.27. The Bertz CT molecular complexity index is 632. The fourth-order valence-corrected chi connectivity index (χ4v) is 3.27. The molecule has 0 bridgehead atoms. The molecule has 3 unspecified atom stereocenters. The number of aliphatic hydroxyl groups excluding tert-OH is 1. The van der Waals surface area contributed by atoms with Crippen molar-refractivity contribution in [3.63, 3.8) is 0 Å². The minimum absolute atomic E-state index is 3.36. The van der Waals surface area contributed by atoms with Gasteiger partial charge in [0.25, 0.3) is 0 Å². The zero-order valence-corrected chi connectivity index (χ0v) is 12.0. The first-order chi connectivity index (χ1) is 11.5. The molecule has 0 aliphatic heterocycles. The lowest BCUT2D eigenvalue weighted by molar-refractivity contribution is -0.501. The molecular formula is C11H5F15O. The van der Waals surface area contributed by atoms with Gasteiger partial charge >= 0.3 is 41.5 Å². The van der Waals surface area contributed by atoms with E-state index < -0.39 is 65.6 Å². The van der Waals surface area contributed by atoms with Gasteiger partial charge in [-0.05, 0) is 0 Å². The van der Waals surface area contributed by atoms with Gasteiger partial charge in [0.2, 0.25) is 5.67 Å². The zero-order valence-electron chi connectivity index (χ0n) is 12.0. The number of rotatable bonds is 1. The number of halogens is 15. The van der Waals surface area contributed by atoms with E-state index in [1.165, 1.54) is 0 Å². The second kappa shape index (κ2) is 4.90. The third-order valence-electron chi connectivity index (χ3n) is 4.79. The topological polar surface area (TPSA) is 20.2 Å². The molecule has 0 saturated heterocycles. The van der Waals surface area contributed by atoms with Gasteiger partial charge in [0.05, 0.1) is 12.5 Å². The number of fused-ring (bicyclic) bond motifs is 1. The molecule has 0 aromatic heterocycles. The van der Waals surface area contributed by atoms with Crippen LogP contribution in [-0.4, -0.2) is 58.8 Å². The molecule has 2 fully saturated rings. The van der Waals surface area contributed by atoms with E-state index in [9.17, 15) is 65.9 Å². The average molecular weight is 438 g/mol. The lowest BCUT2D eigenvalue weighted by Gasteiger charge is -2.60. The van der Waals surface area contributed by atoms with Crippen LogP contribution < -0.4 is 0 Å². The van der Waals surface area contributed by atoms with Crippen molar-refractivity contribution in [2.24, 2.45) is 11.8 Å². The van der Waals surface area contributed by atoms with Crippen molar-refractivity contribution >= 4 is 0 Å². The molecular weight excluding hydrogens is 433 g/mol. The van der Waals surface area contributed by atoms with E-state index in [1.807, 2.05) is 0 Å². The summed E-state index contributed by atoms with van der Waals surface area (Å²) < 4.78 is 203. The SMILES string of the molecule is OCC1(F)C2C(C(F)(F)C(F)(F)C(F)(F)C2(F)F)C(F)(F)C(F)(F)C1(F)F. The van der Waals surface area contributed by atoms with Crippen LogP contribution in [0.5, 0.6) is 0 Å². The molecule has 2 aliphatic rings. The smallest absolute Gasteiger partial charge is 0.378 e. The van der Waals surface area contributed by atoms with Gasteiger partial charge in [-0.25, -0.2) is 4.39 Å². The first-order valence-corrected chi connectivity index (χ1v) is 6.49. The molecule has 3 atom stereocenters. The lowest BCUT2D eigenvalue weighted by atomic mass is 9.55. The predicted octanol–water partition coefficient (Wildman–Crippen LogP) is 4.39. The molecule has 2 saturated carbocycles. The Morgan fingerprint density at radius 1 is 0.444 bits per heavy atom. The van der Waals surface area contributed by atoms with E-state index in [4.69, 9.17) is 5.11 Å². The highest BCUT2D eigenvalue weighted by Crippen LogP contribution is 2.75. The third kappa shape index (κ3) is 1.86. The van der Waals surface area contributed by atoms with Crippen LogP contribution in [0.15, 0.2) is 0 Å². The van der Waals surface area contributed by atoms with Crippen molar-refractivity contribution < 1.29 is 71.0 Å². The molecule has 16 heteroatoms. The van der Waals surface area contributed by atoms with Crippen molar-refractivity contribution in [2.75, 3.05) is 6.61 Å². The summed E-state index contributed by atoms with van der Waals surface area (Å²) in [4.78, 5) is 0. The van der Waals surface area contributed by atoms with Crippen LogP contribution in [-0.2, 0) is 0 Å². The Morgan fingerprint density at radius 2 is 0.704 bits per heavy atom. The maximum atomic E-state index is 14.3. The Balaban J connectivity index is 3.03. The third-order valence-corrected chi connectivity index (χ3v) is 4.79. The molecule has 0 aromatic rings. The van der Waals surface area contributed by atoms with E-state index in [0.717, 1.165) is 0 Å². The van der Waals surface area contributed by atoms with Gasteiger partial charge in [0, 0.05) is 0 Å². The summed E-state index contributed by atoms with van der Waals surface area (Å²) in [6.07, 6.45) is 0. The summed E-state index contributed by atoms with van der Waals surface area (Å²) in [6.45, 7) is -3.36. The van der Waals surface area contributed by atoms with Gasteiger partial charge in [0.15, 0.2) is 0 Å². The Hall–Kier alpha value is -1.09. The standard InChI is InChI=1S/C11H5F15O/c12-4(1-27)2-3(6(15,16)9(21,22)8(4,19)20)7(17,18)11(25,26)10(23,24)5(2,13)14/h2-3,27H,1H2. The van der Waals surface area contributed by atoms with Crippen LogP contribution in [0.4, 0.5) is 65.9 Å². The Morgan fingerprint density at radius 3 is 1.00 bits per heavy atom. The number of aliphatic hydroxyl groups is 1. The molecule has 0 spiro atoms. The Labute approximate surface area is 138 Å². The molecule has 0 aromatic carbocycles. The molecule has 0 heterocycles. The van der Waals surface area contributed by atoms with Crippen LogP contribution in [0.2, 0.25) is 0 Å². The summed E-state index contributed by atoms with van der Waals surface area (Å²) in [7, 11) is 0. The molecule has 0 amide bonds. The highest BCUT2D eigenvalue weighted by atomic mass is 19.4. The second-order valence-electron chi connectivity index (χ2n) is 6.14. The van der Waals surface area contributed by atoms with Gasteiger partial charge in [0.1, 0.15) is 5.92 Å². The number of hydrogen-bond acceptors (Lipinski definition) is 1. The average Bonchev–Trinajstić information content (AvgIpc) is 2.47. The van der Waals surface area contributed by atoms with Crippen molar-refractivity contribution in [1.82, 2.24) is 0 Å². The van der Waals surface area contributed by atoms with Crippen LogP contribution >= 0.6 is 0 Å². The quantitative estimate of drug-likeness (QED) is 0.603. The van der Waals surface area contributed by atoms with E-state index in [2.05, 4.69) is 0 Å². The molecule has 160 valence electrons. The number of hydrogen-bond donors (Lipinski definition) is 1. The van der Waals surface area contributed by atoms with Gasteiger partial charge in [-0.3, -0.25) is 0 Å².